The Morgan fingerprint density at radius 2 is 1.86 bits per heavy atom. The highest BCUT2D eigenvalue weighted by atomic mass is 19.4. The fourth-order valence-corrected chi connectivity index (χ4v) is 3.96. The molecule has 0 radical (unpaired) electrons. The van der Waals surface area contributed by atoms with Gasteiger partial charge in [0.05, 0.1) is 24.5 Å². The number of hydrogen-bond donors (Lipinski definition) is 2. The van der Waals surface area contributed by atoms with Gasteiger partial charge < -0.3 is 10.4 Å². The fourth-order valence-electron chi connectivity index (χ4n) is 3.96. The van der Waals surface area contributed by atoms with Crippen LogP contribution in [0.3, 0.4) is 0 Å². The second-order valence-electron chi connectivity index (χ2n) is 8.19. The van der Waals surface area contributed by atoms with Crippen LogP contribution in [0.15, 0.2) is 41.3 Å². The van der Waals surface area contributed by atoms with Gasteiger partial charge in [-0.3, -0.25) is 23.9 Å². The number of carbonyl (C=O) groups excluding carboxylic acids is 2. The lowest BCUT2D eigenvalue weighted by Gasteiger charge is -2.21. The third-order valence-corrected chi connectivity index (χ3v) is 5.75. The number of rotatable bonds is 5. The number of benzene rings is 1. The monoisotopic (exact) mass is 510 g/mol. The number of fused-ring (bicyclic) bond motifs is 1. The van der Waals surface area contributed by atoms with E-state index in [1.54, 1.807) is 5.32 Å². The van der Waals surface area contributed by atoms with Crippen molar-refractivity contribution in [1.82, 2.24) is 14.9 Å². The molecule has 0 spiro atoms. The zero-order valence-corrected chi connectivity index (χ0v) is 18.6. The molecule has 8 nitrogen and oxygen atoms in total. The number of hydrogen-bond acceptors (Lipinski definition) is 5. The van der Waals surface area contributed by atoms with Crippen molar-refractivity contribution in [2.24, 2.45) is 0 Å². The summed E-state index contributed by atoms with van der Waals surface area (Å²) in [5, 5.41) is 11.2. The van der Waals surface area contributed by atoms with E-state index in [2.05, 4.69) is 4.98 Å². The summed E-state index contributed by atoms with van der Waals surface area (Å²) in [6, 6.07) is 3.00. The molecular formula is C23H19F5N4O4. The molecule has 1 saturated heterocycles. The van der Waals surface area contributed by atoms with E-state index in [0.29, 0.717) is 6.20 Å². The summed E-state index contributed by atoms with van der Waals surface area (Å²) >= 11 is 0. The zero-order valence-electron chi connectivity index (χ0n) is 18.6. The van der Waals surface area contributed by atoms with Crippen molar-refractivity contribution in [3.05, 3.63) is 63.9 Å². The van der Waals surface area contributed by atoms with Gasteiger partial charge in [-0.25, -0.2) is 13.8 Å². The third-order valence-electron chi connectivity index (χ3n) is 5.75. The summed E-state index contributed by atoms with van der Waals surface area (Å²) in [5.74, 6) is -4.11. The smallest absolute Gasteiger partial charge is 0.391 e. The number of aliphatic hydroxyl groups excluding tert-OH is 1. The summed E-state index contributed by atoms with van der Waals surface area (Å²) < 4.78 is 69.8. The lowest BCUT2D eigenvalue weighted by Crippen LogP contribution is -2.46. The Kier molecular flexibility index (Phi) is 6.52. The van der Waals surface area contributed by atoms with Gasteiger partial charge in [0, 0.05) is 6.20 Å². The highest BCUT2D eigenvalue weighted by molar-refractivity contribution is 5.99. The first-order valence-electron chi connectivity index (χ1n) is 10.8. The first kappa shape index (κ1) is 25.2. The van der Waals surface area contributed by atoms with Crippen molar-refractivity contribution in [2.75, 3.05) is 11.4 Å². The van der Waals surface area contributed by atoms with E-state index in [-0.39, 0.29) is 29.8 Å². The van der Waals surface area contributed by atoms with Gasteiger partial charge in [-0.2, -0.15) is 13.2 Å². The van der Waals surface area contributed by atoms with Gasteiger partial charge in [-0.1, -0.05) is 13.0 Å². The van der Waals surface area contributed by atoms with Gasteiger partial charge in [-0.15, -0.1) is 0 Å². The molecule has 190 valence electrons. The van der Waals surface area contributed by atoms with Crippen LogP contribution in [-0.4, -0.2) is 51.3 Å². The van der Waals surface area contributed by atoms with E-state index in [4.69, 9.17) is 0 Å². The topological polar surface area (TPSA) is 105 Å². The van der Waals surface area contributed by atoms with Gasteiger partial charge in [-0.05, 0) is 30.7 Å². The number of nitrogens with one attached hydrogen (secondary N) is 1. The molecule has 13 heteroatoms. The summed E-state index contributed by atoms with van der Waals surface area (Å²) in [7, 11) is 0. The summed E-state index contributed by atoms with van der Waals surface area (Å²) in [6.07, 6.45) is -5.74. The maximum Gasteiger partial charge on any atom is 0.408 e. The summed E-state index contributed by atoms with van der Waals surface area (Å²) in [4.78, 5) is 43.3. The highest BCUT2D eigenvalue weighted by Gasteiger charge is 2.40. The fraction of sp³-hybridized carbons (Fsp3) is 0.304. The average molecular weight is 510 g/mol. The van der Waals surface area contributed by atoms with Crippen molar-refractivity contribution in [3.8, 4) is 5.69 Å². The van der Waals surface area contributed by atoms with Crippen LogP contribution in [-0.2, 0) is 4.79 Å². The molecule has 3 aromatic rings. The van der Waals surface area contributed by atoms with Gasteiger partial charge in [0.15, 0.2) is 5.65 Å². The van der Waals surface area contributed by atoms with E-state index in [1.165, 1.54) is 13.0 Å². The molecule has 0 aliphatic carbocycles. The van der Waals surface area contributed by atoms with E-state index in [0.717, 1.165) is 33.7 Å². The number of halogens is 5. The van der Waals surface area contributed by atoms with Crippen molar-refractivity contribution >= 4 is 28.7 Å². The van der Waals surface area contributed by atoms with Crippen molar-refractivity contribution in [1.29, 1.82) is 0 Å². The third kappa shape index (κ3) is 4.53. The first-order valence-corrected chi connectivity index (χ1v) is 10.8. The number of nitrogens with zero attached hydrogens (tertiary/aromatic N) is 3. The Labute approximate surface area is 200 Å². The van der Waals surface area contributed by atoms with Gasteiger partial charge >= 0.3 is 6.18 Å². The predicted octanol–water partition coefficient (Wildman–Crippen LogP) is 2.83. The molecule has 1 aliphatic heterocycles. The second kappa shape index (κ2) is 9.30. The summed E-state index contributed by atoms with van der Waals surface area (Å²) in [6.45, 7) is 1.08. The van der Waals surface area contributed by atoms with Crippen LogP contribution in [0.2, 0.25) is 0 Å². The van der Waals surface area contributed by atoms with E-state index in [9.17, 15) is 41.4 Å². The van der Waals surface area contributed by atoms with Crippen molar-refractivity contribution < 1.29 is 36.6 Å². The quantitative estimate of drug-likeness (QED) is 0.514. The van der Waals surface area contributed by atoms with Crippen LogP contribution in [0.5, 0.6) is 0 Å². The van der Waals surface area contributed by atoms with Gasteiger partial charge in [0.1, 0.15) is 34.7 Å². The van der Waals surface area contributed by atoms with Crippen LogP contribution >= 0.6 is 0 Å². The minimum absolute atomic E-state index is 0.0331. The Morgan fingerprint density at radius 1 is 1.19 bits per heavy atom. The first-order chi connectivity index (χ1) is 16.9. The largest absolute Gasteiger partial charge is 0.408 e. The number of anilines is 1. The molecular weight excluding hydrogens is 491 g/mol. The Morgan fingerprint density at radius 3 is 2.42 bits per heavy atom. The normalized spacial score (nSPS) is 17.0. The molecule has 0 bridgehead atoms. The van der Waals surface area contributed by atoms with E-state index < -0.39 is 64.9 Å². The molecule has 1 aromatic carbocycles. The van der Waals surface area contributed by atoms with E-state index >= 15 is 0 Å². The Bertz CT molecular complexity index is 1400. The molecule has 2 amide bonds. The van der Waals surface area contributed by atoms with E-state index in [1.807, 2.05) is 0 Å². The molecule has 2 atom stereocenters. The number of amides is 2. The highest BCUT2D eigenvalue weighted by Crippen LogP contribution is 2.27. The number of alkyl halides is 3. The average Bonchev–Trinajstić information content (AvgIpc) is 3.15. The molecule has 3 heterocycles. The lowest BCUT2D eigenvalue weighted by molar-refractivity contribution is -0.153. The Balaban J connectivity index is 1.95. The predicted molar refractivity (Wildman–Crippen MR) is 118 cm³/mol. The van der Waals surface area contributed by atoms with Crippen LogP contribution in [0, 0.1) is 11.6 Å². The van der Waals surface area contributed by atoms with Crippen LogP contribution < -0.4 is 15.6 Å². The molecule has 2 N–H and O–H groups in total. The SMILES string of the molecule is CCC(NC(=O)c1cn(-c2c(F)cccc2F)c2nc(N3C[C@@H](O)CC3=O)ccc2c1=O)C(F)(F)F. The molecule has 36 heavy (non-hydrogen) atoms. The molecule has 1 unspecified atom stereocenters. The molecule has 1 fully saturated rings. The molecule has 0 saturated carbocycles. The van der Waals surface area contributed by atoms with Gasteiger partial charge in [0.25, 0.3) is 5.91 Å². The van der Waals surface area contributed by atoms with Crippen LogP contribution in [0.4, 0.5) is 27.8 Å². The molecule has 2 aromatic heterocycles. The van der Waals surface area contributed by atoms with Crippen molar-refractivity contribution in [3.63, 3.8) is 0 Å². The maximum absolute atomic E-state index is 14.7. The summed E-state index contributed by atoms with van der Waals surface area (Å²) in [5.41, 5.74) is -2.92. The number of pyridine rings is 2. The standard InChI is InChI=1S/C23H19F5N4O4/c1-2-16(23(26,27)28)29-22(36)13-10-32(19-14(24)4-3-5-15(19)25)21-12(20(13)35)6-7-17(30-21)31-9-11(33)8-18(31)34/h3-7,10-11,16,33H,2,8-9H2,1H3,(H,29,36)/t11-,16?/m0/s1. The van der Waals surface area contributed by atoms with Crippen molar-refractivity contribution in [2.45, 2.75) is 38.1 Å². The molecule has 1 aliphatic rings. The second-order valence-corrected chi connectivity index (χ2v) is 8.19. The number of carbonyl (C=O) groups is 2. The Hall–Kier alpha value is -3.87. The number of aromatic nitrogens is 2. The number of aliphatic hydroxyl groups is 1. The number of β-amino-alcohol motifs (C(OH)–C–C–N with tert-alkyl or cyclic N) is 1. The van der Waals surface area contributed by atoms with Gasteiger partial charge in [0.2, 0.25) is 11.3 Å². The van der Waals surface area contributed by atoms with Crippen LogP contribution in [0.25, 0.3) is 16.7 Å². The zero-order chi connectivity index (χ0) is 26.4. The van der Waals surface area contributed by atoms with Crippen LogP contribution in [0.1, 0.15) is 30.1 Å². The lowest BCUT2D eigenvalue weighted by atomic mass is 10.1. The maximum atomic E-state index is 14.7. The molecule has 4 rings (SSSR count). The number of para-hydroxylation sites is 1. The minimum atomic E-state index is -4.79. The minimum Gasteiger partial charge on any atom is -0.391 e.